The minimum Gasteiger partial charge on any atom is -0.352 e. The molecule has 1 aliphatic rings. The lowest BCUT2D eigenvalue weighted by atomic mass is 9.95. The Balaban J connectivity index is 0.00000288. The first-order valence-corrected chi connectivity index (χ1v) is 9.26. The summed E-state index contributed by atoms with van der Waals surface area (Å²) < 4.78 is 1.11. The van der Waals surface area contributed by atoms with E-state index in [1.54, 1.807) is 0 Å². The van der Waals surface area contributed by atoms with Gasteiger partial charge >= 0.3 is 0 Å². The highest BCUT2D eigenvalue weighted by Gasteiger charge is 2.30. The maximum absolute atomic E-state index is 12.3. The molecular formula is C18H29BrClN3O. The predicted octanol–water partition coefficient (Wildman–Crippen LogP) is 3.47. The van der Waals surface area contributed by atoms with Gasteiger partial charge in [-0.25, -0.2) is 0 Å². The molecule has 0 aliphatic carbocycles. The number of rotatable bonds is 6. The lowest BCUT2D eigenvalue weighted by Crippen LogP contribution is -2.55. The van der Waals surface area contributed by atoms with Crippen LogP contribution in [-0.2, 0) is 11.3 Å². The third-order valence-corrected chi connectivity index (χ3v) is 5.06. The molecule has 1 aromatic rings. The molecule has 3 N–H and O–H groups in total. The Kier molecular flexibility index (Phi) is 8.71. The highest BCUT2D eigenvalue weighted by molar-refractivity contribution is 9.10. The van der Waals surface area contributed by atoms with Gasteiger partial charge in [-0.05, 0) is 43.9 Å². The first kappa shape index (κ1) is 21.4. The van der Waals surface area contributed by atoms with E-state index in [0.717, 1.165) is 49.8 Å². The fourth-order valence-electron chi connectivity index (χ4n) is 3.07. The number of carbonyl (C=O) groups excluding carboxylic acids is 1. The Hall–Kier alpha value is -0.620. The van der Waals surface area contributed by atoms with E-state index in [9.17, 15) is 4.79 Å². The summed E-state index contributed by atoms with van der Waals surface area (Å²) in [5.41, 5.74) is 6.68. The molecule has 1 saturated heterocycles. The molecule has 0 bridgehead atoms. The van der Waals surface area contributed by atoms with Crippen molar-refractivity contribution in [1.82, 2.24) is 10.2 Å². The summed E-state index contributed by atoms with van der Waals surface area (Å²) >= 11 is 3.46. The van der Waals surface area contributed by atoms with Crippen LogP contribution in [0.4, 0.5) is 0 Å². The van der Waals surface area contributed by atoms with Gasteiger partial charge in [0.1, 0.15) is 0 Å². The third-order valence-electron chi connectivity index (χ3n) is 4.53. The van der Waals surface area contributed by atoms with E-state index in [1.807, 2.05) is 6.92 Å². The summed E-state index contributed by atoms with van der Waals surface area (Å²) in [6.45, 7) is 6.87. The number of hydrogen-bond acceptors (Lipinski definition) is 3. The van der Waals surface area contributed by atoms with E-state index >= 15 is 0 Å². The maximum Gasteiger partial charge on any atom is 0.240 e. The number of carbonyl (C=O) groups is 1. The monoisotopic (exact) mass is 417 g/mol. The van der Waals surface area contributed by atoms with Crippen molar-refractivity contribution in [3.63, 3.8) is 0 Å². The summed E-state index contributed by atoms with van der Waals surface area (Å²) in [4.78, 5) is 14.7. The lowest BCUT2D eigenvalue weighted by molar-refractivity contribution is -0.127. The molecule has 1 fully saturated rings. The van der Waals surface area contributed by atoms with E-state index in [-0.39, 0.29) is 24.4 Å². The van der Waals surface area contributed by atoms with Gasteiger partial charge in [-0.2, -0.15) is 0 Å². The van der Waals surface area contributed by atoms with Crippen LogP contribution in [0.3, 0.4) is 0 Å². The van der Waals surface area contributed by atoms with Crippen molar-refractivity contribution < 1.29 is 4.79 Å². The number of nitrogens with two attached hydrogens (primary N) is 1. The van der Waals surface area contributed by atoms with Gasteiger partial charge < -0.3 is 11.1 Å². The van der Waals surface area contributed by atoms with Crippen LogP contribution in [0, 0.1) is 0 Å². The van der Waals surface area contributed by atoms with Crippen LogP contribution in [0.25, 0.3) is 0 Å². The fraction of sp³-hybridized carbons (Fsp3) is 0.611. The zero-order valence-electron chi connectivity index (χ0n) is 14.6. The van der Waals surface area contributed by atoms with Crippen molar-refractivity contribution in [3.8, 4) is 0 Å². The average Bonchev–Trinajstić information content (AvgIpc) is 2.51. The topological polar surface area (TPSA) is 58.4 Å². The van der Waals surface area contributed by atoms with Gasteiger partial charge in [-0.15, -0.1) is 12.4 Å². The van der Waals surface area contributed by atoms with E-state index in [0.29, 0.717) is 0 Å². The maximum atomic E-state index is 12.3. The van der Waals surface area contributed by atoms with Crippen molar-refractivity contribution in [2.45, 2.75) is 57.7 Å². The van der Waals surface area contributed by atoms with Crippen LogP contribution in [-0.4, -0.2) is 35.5 Å². The molecule has 0 saturated carbocycles. The molecule has 1 aromatic carbocycles. The first-order valence-electron chi connectivity index (χ1n) is 8.47. The van der Waals surface area contributed by atoms with Crippen molar-refractivity contribution in [3.05, 3.63) is 34.3 Å². The van der Waals surface area contributed by atoms with E-state index in [2.05, 4.69) is 57.3 Å². The predicted molar refractivity (Wildman–Crippen MR) is 105 cm³/mol. The Labute approximate surface area is 160 Å². The minimum absolute atomic E-state index is 0. The Morgan fingerprint density at radius 3 is 2.46 bits per heavy atom. The molecule has 1 aliphatic heterocycles. The molecule has 1 heterocycles. The molecule has 136 valence electrons. The second-order valence-electron chi connectivity index (χ2n) is 6.82. The number of halogens is 2. The molecule has 4 nitrogen and oxygen atoms in total. The second kappa shape index (κ2) is 9.76. The van der Waals surface area contributed by atoms with Crippen LogP contribution in [0.1, 0.15) is 45.1 Å². The summed E-state index contributed by atoms with van der Waals surface area (Å²) in [6.07, 6.45) is 3.63. The summed E-state index contributed by atoms with van der Waals surface area (Å²) in [6, 6.07) is 8.73. The molecule has 0 radical (unpaired) electrons. The lowest BCUT2D eigenvalue weighted by Gasteiger charge is -2.34. The van der Waals surface area contributed by atoms with E-state index in [1.165, 1.54) is 5.56 Å². The molecule has 24 heavy (non-hydrogen) atoms. The number of piperidine rings is 1. The number of hydrogen-bond donors (Lipinski definition) is 2. The molecule has 0 spiro atoms. The zero-order valence-corrected chi connectivity index (χ0v) is 17.0. The highest BCUT2D eigenvalue weighted by atomic mass is 79.9. The molecule has 1 amide bonds. The minimum atomic E-state index is -0.747. The van der Waals surface area contributed by atoms with Crippen LogP contribution >= 0.6 is 28.3 Å². The SMILES string of the molecule is CCCC(C)(N)C(=O)NC1CCN(Cc2ccc(Br)cc2)CC1.Cl. The van der Waals surface area contributed by atoms with Crippen molar-refractivity contribution in [2.24, 2.45) is 5.73 Å². The standard InChI is InChI=1S/C18H28BrN3O.ClH/c1-3-10-18(2,20)17(23)21-16-8-11-22(12-9-16)13-14-4-6-15(19)7-5-14;/h4-7,16H,3,8-13,20H2,1-2H3,(H,21,23);1H. The van der Waals surface area contributed by atoms with Crippen molar-refractivity contribution >= 4 is 34.2 Å². The zero-order chi connectivity index (χ0) is 16.9. The van der Waals surface area contributed by atoms with Crippen molar-refractivity contribution in [1.29, 1.82) is 0 Å². The summed E-state index contributed by atoms with van der Waals surface area (Å²) in [5.74, 6) is -0.00860. The molecular weight excluding hydrogens is 390 g/mol. The van der Waals surface area contributed by atoms with Gasteiger partial charge in [0, 0.05) is 30.1 Å². The quantitative estimate of drug-likeness (QED) is 0.743. The second-order valence-corrected chi connectivity index (χ2v) is 7.73. The van der Waals surface area contributed by atoms with Gasteiger partial charge in [0.25, 0.3) is 0 Å². The number of nitrogens with one attached hydrogen (secondary N) is 1. The molecule has 6 heteroatoms. The number of nitrogens with zero attached hydrogens (tertiary/aromatic N) is 1. The van der Waals surface area contributed by atoms with Gasteiger partial charge in [0.05, 0.1) is 5.54 Å². The van der Waals surface area contributed by atoms with Crippen molar-refractivity contribution in [2.75, 3.05) is 13.1 Å². The molecule has 1 unspecified atom stereocenters. The Morgan fingerprint density at radius 2 is 1.92 bits per heavy atom. The summed E-state index contributed by atoms with van der Waals surface area (Å²) in [5, 5.41) is 3.14. The number of amides is 1. The van der Waals surface area contributed by atoms with Gasteiger partial charge in [0.2, 0.25) is 5.91 Å². The Morgan fingerprint density at radius 1 is 1.33 bits per heavy atom. The van der Waals surface area contributed by atoms with Gasteiger partial charge in [0.15, 0.2) is 0 Å². The van der Waals surface area contributed by atoms with E-state index < -0.39 is 5.54 Å². The van der Waals surface area contributed by atoms with Gasteiger partial charge in [-0.3, -0.25) is 9.69 Å². The Bertz CT molecular complexity index is 514. The van der Waals surface area contributed by atoms with Gasteiger partial charge in [-0.1, -0.05) is 41.4 Å². The van der Waals surface area contributed by atoms with Crippen LogP contribution < -0.4 is 11.1 Å². The number of benzene rings is 1. The smallest absolute Gasteiger partial charge is 0.240 e. The molecule has 0 aromatic heterocycles. The number of likely N-dealkylation sites (tertiary alicyclic amines) is 1. The first-order chi connectivity index (χ1) is 10.9. The normalized spacial score (nSPS) is 18.5. The third kappa shape index (κ3) is 6.36. The molecule has 1 atom stereocenters. The highest BCUT2D eigenvalue weighted by Crippen LogP contribution is 2.17. The fourth-order valence-corrected chi connectivity index (χ4v) is 3.33. The van der Waals surface area contributed by atoms with E-state index in [4.69, 9.17) is 5.73 Å². The molecule has 2 rings (SSSR count). The van der Waals surface area contributed by atoms with Crippen LogP contribution in [0.2, 0.25) is 0 Å². The van der Waals surface area contributed by atoms with Crippen LogP contribution in [0.5, 0.6) is 0 Å². The largest absolute Gasteiger partial charge is 0.352 e. The summed E-state index contributed by atoms with van der Waals surface area (Å²) in [7, 11) is 0. The van der Waals surface area contributed by atoms with Crippen LogP contribution in [0.15, 0.2) is 28.7 Å². The average molecular weight is 419 g/mol.